The van der Waals surface area contributed by atoms with Gasteiger partial charge in [-0.15, -0.1) is 0 Å². The fourth-order valence-corrected chi connectivity index (χ4v) is 4.51. The van der Waals surface area contributed by atoms with E-state index in [0.29, 0.717) is 16.7 Å². The lowest BCUT2D eigenvalue weighted by atomic mass is 10.0. The van der Waals surface area contributed by atoms with Gasteiger partial charge in [0, 0.05) is 23.3 Å². The van der Waals surface area contributed by atoms with Gasteiger partial charge >= 0.3 is 0 Å². The molecule has 5 nitrogen and oxygen atoms in total. The van der Waals surface area contributed by atoms with Crippen molar-refractivity contribution in [2.24, 2.45) is 7.05 Å². The highest BCUT2D eigenvalue weighted by atomic mass is 35.5. The van der Waals surface area contributed by atoms with E-state index in [1.165, 1.54) is 36.1 Å². The second-order valence-electron chi connectivity index (χ2n) is 9.15. The number of anilines is 1. The number of ketones is 1. The van der Waals surface area contributed by atoms with Crippen LogP contribution in [0.1, 0.15) is 29.8 Å². The molecule has 0 fully saturated rings. The summed E-state index contributed by atoms with van der Waals surface area (Å²) < 4.78 is 25.8. The molecule has 1 aromatic heterocycles. The van der Waals surface area contributed by atoms with Crippen LogP contribution in [0.2, 0.25) is 5.02 Å². The van der Waals surface area contributed by atoms with Gasteiger partial charge in [-0.05, 0) is 83.8 Å². The summed E-state index contributed by atoms with van der Waals surface area (Å²) in [5.74, 6) is -1.30. The molecule has 0 spiro atoms. The van der Waals surface area contributed by atoms with E-state index in [1.807, 2.05) is 35.9 Å². The van der Waals surface area contributed by atoms with E-state index in [-0.39, 0.29) is 16.5 Å². The molecular formula is C32H25ClFN3O2. The summed E-state index contributed by atoms with van der Waals surface area (Å²) in [7, 11) is 1.93. The smallest absolute Gasteiger partial charge is 0.258 e. The third kappa shape index (κ3) is 5.81. The number of benzene rings is 4. The molecule has 1 atom stereocenters. The number of carbonyl (C=O) groups is 2. The predicted molar refractivity (Wildman–Crippen MR) is 154 cm³/mol. The average Bonchev–Trinajstić information content (AvgIpc) is 3.32. The van der Waals surface area contributed by atoms with Crippen LogP contribution in [0.25, 0.3) is 28.2 Å². The maximum Gasteiger partial charge on any atom is 0.258 e. The summed E-state index contributed by atoms with van der Waals surface area (Å²) in [5, 5.41) is 0.289. The zero-order valence-electron chi connectivity index (χ0n) is 22.3. The summed E-state index contributed by atoms with van der Waals surface area (Å²) in [6.07, 6.45) is 4.54. The molecule has 7 heteroatoms. The van der Waals surface area contributed by atoms with Crippen LogP contribution in [0.15, 0.2) is 97.3 Å². The predicted octanol–water partition coefficient (Wildman–Crippen LogP) is 7.48. The molecule has 1 amide bonds. The first-order valence-electron chi connectivity index (χ1n) is 12.8. The topological polar surface area (TPSA) is 55.2 Å². The lowest BCUT2D eigenvalue weighted by Gasteiger charge is -2.24. The van der Waals surface area contributed by atoms with Crippen molar-refractivity contribution in [3.8, 4) is 11.1 Å². The Bertz CT molecular complexity index is 1770. The van der Waals surface area contributed by atoms with Gasteiger partial charge in [0.05, 0.1) is 25.3 Å². The SMILES string of the molecule is [2H]C(c1ccc(-c2ccc3c(c2)ncn3C)cc1Cl)N(C(=O)c1ccccc1)c1cc(F)cc(/C=C/C(C)=O)c1. The molecule has 0 saturated carbocycles. The largest absolute Gasteiger partial charge is 0.334 e. The maximum atomic E-state index is 14.7. The maximum absolute atomic E-state index is 14.7. The molecule has 1 unspecified atom stereocenters. The highest BCUT2D eigenvalue weighted by Gasteiger charge is 2.21. The number of carbonyl (C=O) groups excluding carboxylic acids is 2. The number of halogens is 2. The van der Waals surface area contributed by atoms with Gasteiger partial charge in [-0.25, -0.2) is 9.37 Å². The number of imidazole rings is 1. The minimum absolute atomic E-state index is 0.165. The molecular weight excluding hydrogens is 513 g/mol. The van der Waals surface area contributed by atoms with Gasteiger partial charge in [0.2, 0.25) is 0 Å². The molecule has 5 rings (SSSR count). The van der Waals surface area contributed by atoms with Crippen LogP contribution in [-0.4, -0.2) is 21.2 Å². The van der Waals surface area contributed by atoms with Gasteiger partial charge in [-0.1, -0.05) is 54.1 Å². The van der Waals surface area contributed by atoms with E-state index in [0.717, 1.165) is 22.2 Å². The quantitative estimate of drug-likeness (QED) is 0.202. The summed E-state index contributed by atoms with van der Waals surface area (Å²) in [4.78, 5) is 30.8. The third-order valence-electron chi connectivity index (χ3n) is 6.26. The number of aryl methyl sites for hydroxylation is 1. The Morgan fingerprint density at radius 1 is 1.03 bits per heavy atom. The fourth-order valence-electron chi connectivity index (χ4n) is 4.28. The molecule has 194 valence electrons. The first-order chi connectivity index (χ1) is 19.2. The lowest BCUT2D eigenvalue weighted by molar-refractivity contribution is -0.112. The van der Waals surface area contributed by atoms with Crippen LogP contribution in [0, 0.1) is 5.82 Å². The van der Waals surface area contributed by atoms with Crippen molar-refractivity contribution in [1.82, 2.24) is 9.55 Å². The fraction of sp³-hybridized carbons (Fsp3) is 0.0938. The third-order valence-corrected chi connectivity index (χ3v) is 6.59. The van der Waals surface area contributed by atoms with Crippen LogP contribution in [0.5, 0.6) is 0 Å². The molecule has 0 N–H and O–H groups in total. The van der Waals surface area contributed by atoms with Gasteiger partial charge in [-0.2, -0.15) is 0 Å². The minimum Gasteiger partial charge on any atom is -0.334 e. The molecule has 0 aliphatic rings. The minimum atomic E-state index is -1.29. The first kappa shape index (κ1) is 24.8. The Labute approximate surface area is 232 Å². The summed E-state index contributed by atoms with van der Waals surface area (Å²) in [5.41, 5.74) is 4.84. The van der Waals surface area contributed by atoms with Crippen LogP contribution in [0.4, 0.5) is 10.1 Å². The lowest BCUT2D eigenvalue weighted by Crippen LogP contribution is -2.30. The summed E-state index contributed by atoms with van der Waals surface area (Å²) >= 11 is 6.73. The molecule has 0 radical (unpaired) electrons. The molecule has 1 heterocycles. The van der Waals surface area contributed by atoms with Crippen molar-refractivity contribution < 1.29 is 15.4 Å². The van der Waals surface area contributed by atoms with E-state index < -0.39 is 18.2 Å². The number of fused-ring (bicyclic) bond motifs is 1. The average molecular weight is 539 g/mol. The summed E-state index contributed by atoms with van der Waals surface area (Å²) in [6.45, 7) is 0.0981. The Balaban J connectivity index is 1.56. The highest BCUT2D eigenvalue weighted by Crippen LogP contribution is 2.31. The van der Waals surface area contributed by atoms with Crippen molar-refractivity contribution in [1.29, 1.82) is 0 Å². The van der Waals surface area contributed by atoms with Crippen LogP contribution >= 0.6 is 11.6 Å². The molecule has 0 aliphatic carbocycles. The van der Waals surface area contributed by atoms with Crippen molar-refractivity contribution in [2.45, 2.75) is 13.4 Å². The first-order valence-corrected chi connectivity index (χ1v) is 12.6. The number of hydrogen-bond donors (Lipinski definition) is 0. The second kappa shape index (κ2) is 11.1. The van der Waals surface area contributed by atoms with Crippen molar-refractivity contribution in [3.05, 3.63) is 125 Å². The Kier molecular flexibility index (Phi) is 7.02. The number of allylic oxidation sites excluding steroid dienone is 1. The standard InChI is InChI=1S/C32H25ClFN3O2/c1-21(38)8-9-22-14-27(34)18-28(15-22)37(32(39)23-6-4-3-5-7-23)19-26-11-10-24(16-29(26)33)25-12-13-31-30(17-25)35-20-36(31)2/h3-18,20H,19H2,1-2H3/b9-8+/i19D. The second-order valence-corrected chi connectivity index (χ2v) is 9.56. The number of hydrogen-bond acceptors (Lipinski definition) is 3. The van der Waals surface area contributed by atoms with E-state index in [2.05, 4.69) is 4.98 Å². The van der Waals surface area contributed by atoms with Gasteiger partial charge < -0.3 is 9.47 Å². The van der Waals surface area contributed by atoms with E-state index >= 15 is 0 Å². The molecule has 0 bridgehead atoms. The molecule has 0 aliphatic heterocycles. The van der Waals surface area contributed by atoms with E-state index in [1.54, 1.807) is 54.9 Å². The number of aromatic nitrogens is 2. The van der Waals surface area contributed by atoms with Crippen molar-refractivity contribution in [2.75, 3.05) is 4.90 Å². The van der Waals surface area contributed by atoms with Gasteiger partial charge in [0.25, 0.3) is 5.91 Å². The van der Waals surface area contributed by atoms with Crippen LogP contribution in [0.3, 0.4) is 0 Å². The van der Waals surface area contributed by atoms with Crippen molar-refractivity contribution >= 4 is 46.1 Å². The van der Waals surface area contributed by atoms with E-state index in [4.69, 9.17) is 13.0 Å². The van der Waals surface area contributed by atoms with Crippen LogP contribution in [-0.2, 0) is 18.4 Å². The highest BCUT2D eigenvalue weighted by molar-refractivity contribution is 6.31. The monoisotopic (exact) mass is 538 g/mol. The van der Waals surface area contributed by atoms with Gasteiger partial charge in [0.15, 0.2) is 5.78 Å². The summed E-state index contributed by atoms with van der Waals surface area (Å²) in [6, 6.07) is 23.7. The molecule has 5 aromatic rings. The normalized spacial score (nSPS) is 12.5. The molecule has 39 heavy (non-hydrogen) atoms. The Morgan fingerprint density at radius 3 is 2.51 bits per heavy atom. The zero-order valence-corrected chi connectivity index (χ0v) is 22.1. The molecule has 0 saturated heterocycles. The number of nitrogens with zero attached hydrogens (tertiary/aromatic N) is 3. The molecule has 4 aromatic carbocycles. The Hall–Kier alpha value is -4.55. The van der Waals surface area contributed by atoms with Gasteiger partial charge in [0.1, 0.15) is 5.82 Å². The number of amides is 1. The van der Waals surface area contributed by atoms with E-state index in [9.17, 15) is 14.0 Å². The van der Waals surface area contributed by atoms with Crippen molar-refractivity contribution in [3.63, 3.8) is 0 Å². The van der Waals surface area contributed by atoms with Crippen LogP contribution < -0.4 is 4.90 Å². The Morgan fingerprint density at radius 2 is 1.77 bits per heavy atom. The zero-order chi connectivity index (χ0) is 28.4. The number of rotatable bonds is 7. The van der Waals surface area contributed by atoms with Gasteiger partial charge in [-0.3, -0.25) is 9.59 Å².